The van der Waals surface area contributed by atoms with Crippen LogP contribution in [0.25, 0.3) is 12.2 Å². The van der Waals surface area contributed by atoms with E-state index in [0.717, 1.165) is 57.8 Å². The number of thiazole rings is 1. The standard InChI is InChI=1S/C21H21N3O3S2/c1-3-13-7-5-9-15-11-17-18(28-21(22-17)29(25,26)27)12-16-10-6-8-14(4-2)20(16)24-23-19(13)15/h5-12,23-24H,3-4H2,1-2H3,(H,25,26,27). The Morgan fingerprint density at radius 2 is 1.48 bits per heavy atom. The summed E-state index contributed by atoms with van der Waals surface area (Å²) in [6, 6.07) is 12.0. The van der Waals surface area contributed by atoms with Crippen molar-refractivity contribution in [1.29, 1.82) is 0 Å². The Morgan fingerprint density at radius 3 is 2.00 bits per heavy atom. The van der Waals surface area contributed by atoms with Gasteiger partial charge in [0, 0.05) is 11.1 Å². The minimum Gasteiger partial charge on any atom is -0.300 e. The zero-order valence-electron chi connectivity index (χ0n) is 16.1. The first-order chi connectivity index (χ1) is 13.9. The van der Waals surface area contributed by atoms with Crippen LogP contribution in [0.2, 0.25) is 0 Å². The second-order valence-electron chi connectivity index (χ2n) is 6.71. The molecule has 0 radical (unpaired) electrons. The van der Waals surface area contributed by atoms with Crippen molar-refractivity contribution in [1.82, 2.24) is 4.98 Å². The molecule has 4 rings (SSSR count). The normalized spacial score (nSPS) is 12.9. The molecule has 6 nitrogen and oxygen atoms in total. The summed E-state index contributed by atoms with van der Waals surface area (Å²) in [6.07, 6.45) is 5.41. The van der Waals surface area contributed by atoms with Gasteiger partial charge in [-0.15, -0.1) is 11.3 Å². The fourth-order valence-corrected chi connectivity index (χ4v) is 5.06. The van der Waals surface area contributed by atoms with E-state index in [1.54, 1.807) is 0 Å². The molecule has 0 saturated carbocycles. The van der Waals surface area contributed by atoms with Gasteiger partial charge < -0.3 is 0 Å². The molecule has 8 heteroatoms. The molecule has 1 aliphatic heterocycles. The van der Waals surface area contributed by atoms with Gasteiger partial charge in [0.1, 0.15) is 0 Å². The van der Waals surface area contributed by atoms with Gasteiger partial charge >= 0.3 is 10.1 Å². The number of para-hydroxylation sites is 2. The van der Waals surface area contributed by atoms with Gasteiger partial charge in [-0.2, -0.15) is 8.42 Å². The molecular formula is C21H21N3O3S2. The Bertz CT molecular complexity index is 1230. The second kappa shape index (κ2) is 7.62. The maximum absolute atomic E-state index is 11.7. The average Bonchev–Trinajstić information content (AvgIpc) is 3.10. The van der Waals surface area contributed by atoms with Crippen molar-refractivity contribution in [3.8, 4) is 0 Å². The van der Waals surface area contributed by atoms with Gasteiger partial charge in [0.2, 0.25) is 4.34 Å². The van der Waals surface area contributed by atoms with Crippen LogP contribution in [0.15, 0.2) is 40.7 Å². The Hall–Kier alpha value is -2.68. The SMILES string of the molecule is CCc1cccc2c1NNc1c(cccc1CC)C=c1sc(S(=O)(=O)O)nc1=C2. The van der Waals surface area contributed by atoms with Gasteiger partial charge in [-0.3, -0.25) is 15.4 Å². The quantitative estimate of drug-likeness (QED) is 0.557. The smallest absolute Gasteiger partial charge is 0.300 e. The molecule has 3 aromatic rings. The molecule has 0 aliphatic carbocycles. The van der Waals surface area contributed by atoms with Gasteiger partial charge in [0.25, 0.3) is 0 Å². The minimum atomic E-state index is -4.38. The highest BCUT2D eigenvalue weighted by Crippen LogP contribution is 2.27. The summed E-state index contributed by atoms with van der Waals surface area (Å²) in [7, 11) is -4.38. The van der Waals surface area contributed by atoms with Crippen LogP contribution in [-0.2, 0) is 23.0 Å². The highest BCUT2D eigenvalue weighted by molar-refractivity contribution is 7.87. The van der Waals surface area contributed by atoms with E-state index in [-0.39, 0.29) is 4.34 Å². The van der Waals surface area contributed by atoms with Crippen molar-refractivity contribution in [2.24, 2.45) is 0 Å². The fraction of sp³-hybridized carbons (Fsp3) is 0.190. The van der Waals surface area contributed by atoms with Gasteiger partial charge in [0.05, 0.1) is 21.3 Å². The Labute approximate surface area is 173 Å². The number of anilines is 2. The van der Waals surface area contributed by atoms with Crippen LogP contribution in [0.4, 0.5) is 11.4 Å². The van der Waals surface area contributed by atoms with Crippen LogP contribution in [0.3, 0.4) is 0 Å². The first kappa shape index (κ1) is 19.6. The maximum atomic E-state index is 11.7. The van der Waals surface area contributed by atoms with E-state index in [2.05, 4.69) is 41.8 Å². The third-order valence-electron chi connectivity index (χ3n) is 4.90. The summed E-state index contributed by atoms with van der Waals surface area (Å²) in [6.45, 7) is 4.17. The Balaban J connectivity index is 2.11. The number of benzene rings is 2. The first-order valence-electron chi connectivity index (χ1n) is 9.34. The molecule has 0 spiro atoms. The lowest BCUT2D eigenvalue weighted by Gasteiger charge is -2.20. The van der Waals surface area contributed by atoms with E-state index in [1.807, 2.05) is 36.4 Å². The molecule has 0 atom stereocenters. The molecule has 3 N–H and O–H groups in total. The van der Waals surface area contributed by atoms with Crippen molar-refractivity contribution >= 4 is 45.0 Å². The van der Waals surface area contributed by atoms with Crippen molar-refractivity contribution in [2.45, 2.75) is 31.0 Å². The number of nitrogens with zero attached hydrogens (tertiary/aromatic N) is 1. The molecule has 0 unspecified atom stereocenters. The molecule has 0 bridgehead atoms. The Kier molecular flexibility index (Phi) is 5.16. The number of rotatable bonds is 3. The summed E-state index contributed by atoms with van der Waals surface area (Å²) in [5.74, 6) is 0. The van der Waals surface area contributed by atoms with E-state index in [0.29, 0.717) is 9.88 Å². The summed E-state index contributed by atoms with van der Waals surface area (Å²) in [5.41, 5.74) is 12.6. The van der Waals surface area contributed by atoms with Gasteiger partial charge in [-0.1, -0.05) is 50.2 Å². The lowest BCUT2D eigenvalue weighted by molar-refractivity contribution is 0.482. The van der Waals surface area contributed by atoms with Crippen molar-refractivity contribution < 1.29 is 13.0 Å². The Morgan fingerprint density at radius 1 is 0.931 bits per heavy atom. The lowest BCUT2D eigenvalue weighted by Crippen LogP contribution is -2.23. The van der Waals surface area contributed by atoms with E-state index in [9.17, 15) is 13.0 Å². The van der Waals surface area contributed by atoms with Gasteiger partial charge in [0.15, 0.2) is 0 Å². The molecule has 0 fully saturated rings. The van der Waals surface area contributed by atoms with Gasteiger partial charge in [-0.05, 0) is 36.1 Å². The number of hydrogen-bond acceptors (Lipinski definition) is 6. The number of hydrazine groups is 1. The average molecular weight is 428 g/mol. The molecule has 2 heterocycles. The summed E-state index contributed by atoms with van der Waals surface area (Å²) >= 11 is 0.959. The van der Waals surface area contributed by atoms with Crippen LogP contribution >= 0.6 is 11.3 Å². The van der Waals surface area contributed by atoms with E-state index < -0.39 is 10.1 Å². The van der Waals surface area contributed by atoms with Crippen molar-refractivity contribution in [2.75, 3.05) is 10.9 Å². The van der Waals surface area contributed by atoms with Crippen LogP contribution in [0, 0.1) is 0 Å². The predicted molar refractivity (Wildman–Crippen MR) is 117 cm³/mol. The third kappa shape index (κ3) is 3.78. The van der Waals surface area contributed by atoms with Crippen LogP contribution < -0.4 is 20.7 Å². The predicted octanol–water partition coefficient (Wildman–Crippen LogP) is 2.92. The fourth-order valence-electron chi connectivity index (χ4n) is 3.43. The summed E-state index contributed by atoms with van der Waals surface area (Å²) in [5, 5.41) is 0.508. The molecule has 1 aliphatic rings. The third-order valence-corrected chi connectivity index (χ3v) is 7.13. The number of fused-ring (bicyclic) bond motifs is 3. The zero-order valence-corrected chi connectivity index (χ0v) is 17.7. The maximum Gasteiger partial charge on any atom is 0.322 e. The number of nitrogens with one attached hydrogen (secondary N) is 2. The lowest BCUT2D eigenvalue weighted by atomic mass is 10.0. The topological polar surface area (TPSA) is 91.3 Å². The van der Waals surface area contributed by atoms with E-state index in [1.165, 1.54) is 0 Å². The zero-order chi connectivity index (χ0) is 20.6. The second-order valence-corrected chi connectivity index (χ2v) is 9.34. The van der Waals surface area contributed by atoms with Crippen molar-refractivity contribution in [3.63, 3.8) is 0 Å². The summed E-state index contributed by atoms with van der Waals surface area (Å²) < 4.78 is 33.3. The first-order valence-corrected chi connectivity index (χ1v) is 11.6. The molecule has 150 valence electrons. The minimum absolute atomic E-state index is 0.309. The number of hydrogen-bond donors (Lipinski definition) is 3. The summed E-state index contributed by atoms with van der Waals surface area (Å²) in [4.78, 5) is 4.21. The van der Waals surface area contributed by atoms with E-state index >= 15 is 0 Å². The van der Waals surface area contributed by atoms with Crippen molar-refractivity contribution in [3.05, 3.63) is 68.5 Å². The molecule has 29 heavy (non-hydrogen) atoms. The molecule has 0 saturated heterocycles. The largest absolute Gasteiger partial charge is 0.322 e. The van der Waals surface area contributed by atoms with Crippen LogP contribution in [0.5, 0.6) is 0 Å². The highest BCUT2D eigenvalue weighted by atomic mass is 32.3. The number of aromatic nitrogens is 1. The molecule has 1 aromatic heterocycles. The van der Waals surface area contributed by atoms with Crippen LogP contribution in [-0.4, -0.2) is 18.0 Å². The molecule has 0 amide bonds. The monoisotopic (exact) mass is 427 g/mol. The number of aryl methyl sites for hydroxylation is 2. The van der Waals surface area contributed by atoms with E-state index in [4.69, 9.17) is 0 Å². The van der Waals surface area contributed by atoms with Crippen LogP contribution in [0.1, 0.15) is 36.1 Å². The highest BCUT2D eigenvalue weighted by Gasteiger charge is 2.17. The van der Waals surface area contributed by atoms with Gasteiger partial charge in [-0.25, -0.2) is 4.98 Å². The molecular weight excluding hydrogens is 406 g/mol. The molecule has 2 aromatic carbocycles.